The molecule has 166 valence electrons. The van der Waals surface area contributed by atoms with Crippen molar-refractivity contribution in [2.75, 3.05) is 6.61 Å². The number of aryl methyl sites for hydroxylation is 2. The van der Waals surface area contributed by atoms with Crippen LogP contribution >= 0.6 is 0 Å². The summed E-state index contributed by atoms with van der Waals surface area (Å²) in [5.41, 5.74) is 10.4. The van der Waals surface area contributed by atoms with E-state index in [2.05, 4.69) is 6.07 Å². The van der Waals surface area contributed by atoms with E-state index in [1.807, 2.05) is 26.0 Å². The van der Waals surface area contributed by atoms with E-state index in [-0.39, 0.29) is 12.6 Å². The number of rotatable bonds is 5. The van der Waals surface area contributed by atoms with Crippen LogP contribution in [0.1, 0.15) is 37.4 Å². The molecule has 0 aromatic heterocycles. The molecule has 3 rings (SSSR count). The Morgan fingerprint density at radius 3 is 2.06 bits per heavy atom. The van der Waals surface area contributed by atoms with Crippen molar-refractivity contribution < 1.29 is 37.5 Å². The van der Waals surface area contributed by atoms with E-state index in [0.717, 1.165) is 10.6 Å². The van der Waals surface area contributed by atoms with Gasteiger partial charge in [-0.1, -0.05) is 35.9 Å². The number of nitrogens with zero attached hydrogens (tertiary/aromatic N) is 1. The first-order chi connectivity index (χ1) is 14.4. The van der Waals surface area contributed by atoms with E-state index in [9.17, 15) is 22.8 Å². The van der Waals surface area contributed by atoms with Crippen LogP contribution in [0.15, 0.2) is 42.5 Å². The quantitative estimate of drug-likeness (QED) is 0.695. The van der Waals surface area contributed by atoms with Crippen LogP contribution in [0.25, 0.3) is 0 Å². The number of hydrogen-bond acceptors (Lipinski definition) is 5. The molecule has 2 aromatic carbocycles. The molecule has 7 nitrogen and oxygen atoms in total. The fraction of sp³-hybridized carbons (Fsp3) is 0.286. The highest BCUT2D eigenvalue weighted by atomic mass is 19.4. The molecule has 0 bridgehead atoms. The number of carboxylic acid groups (broad SMARTS) is 1. The van der Waals surface area contributed by atoms with Crippen LogP contribution in [-0.2, 0) is 16.1 Å². The summed E-state index contributed by atoms with van der Waals surface area (Å²) < 4.78 is 31.7. The summed E-state index contributed by atoms with van der Waals surface area (Å²) in [6.07, 6.45) is -4.46. The topological polar surface area (TPSA) is 110 Å². The fourth-order valence-electron chi connectivity index (χ4n) is 2.87. The molecule has 1 atom stereocenters. The summed E-state index contributed by atoms with van der Waals surface area (Å²) in [4.78, 5) is 38.7. The normalized spacial score (nSPS) is 14.1. The van der Waals surface area contributed by atoms with Gasteiger partial charge in [0, 0.05) is 6.04 Å². The van der Waals surface area contributed by atoms with Gasteiger partial charge < -0.3 is 10.8 Å². The van der Waals surface area contributed by atoms with Crippen LogP contribution in [0.4, 0.5) is 13.2 Å². The van der Waals surface area contributed by atoms with E-state index in [4.69, 9.17) is 20.5 Å². The number of carbonyl (C=O) groups excluding carboxylic acids is 2. The second-order valence-electron chi connectivity index (χ2n) is 6.94. The lowest BCUT2D eigenvalue weighted by atomic mass is 10.00. The summed E-state index contributed by atoms with van der Waals surface area (Å²) in [5.74, 6) is -3.63. The lowest BCUT2D eigenvalue weighted by Gasteiger charge is -2.18. The van der Waals surface area contributed by atoms with Gasteiger partial charge in [-0.25, -0.2) is 4.79 Å². The molecular formula is C21H21F3N2O5. The van der Waals surface area contributed by atoms with Gasteiger partial charge in [0.15, 0.2) is 0 Å². The maximum atomic E-state index is 12.2. The minimum Gasteiger partial charge on any atom is -0.475 e. The van der Waals surface area contributed by atoms with Gasteiger partial charge in [0.05, 0.1) is 17.7 Å². The predicted octanol–water partition coefficient (Wildman–Crippen LogP) is 3.03. The van der Waals surface area contributed by atoms with Gasteiger partial charge in [-0.3, -0.25) is 14.4 Å². The van der Waals surface area contributed by atoms with Crippen LogP contribution in [-0.4, -0.2) is 46.8 Å². The number of halogens is 3. The van der Waals surface area contributed by atoms with Gasteiger partial charge >= 0.3 is 12.1 Å². The number of fused-ring (bicyclic) bond motifs is 1. The number of carboxylic acids is 1. The van der Waals surface area contributed by atoms with Crippen molar-refractivity contribution in [2.45, 2.75) is 32.5 Å². The Morgan fingerprint density at radius 2 is 1.61 bits per heavy atom. The number of amides is 2. The molecule has 0 fully saturated rings. The monoisotopic (exact) mass is 438 g/mol. The summed E-state index contributed by atoms with van der Waals surface area (Å²) in [6, 6.07) is 12.6. The third-order valence-corrected chi connectivity index (χ3v) is 4.40. The number of imide groups is 1. The lowest BCUT2D eigenvalue weighted by Crippen LogP contribution is -2.37. The number of hydrogen-bond donors (Lipinski definition) is 2. The highest BCUT2D eigenvalue weighted by Crippen LogP contribution is 2.22. The average Bonchev–Trinajstić information content (AvgIpc) is 2.93. The van der Waals surface area contributed by atoms with E-state index in [1.165, 1.54) is 11.1 Å². The SMILES string of the molecule is Cc1ccc(C[C@@H](N)CON2C(=O)c3ccccc3C2=O)c(C)c1.O=C(O)C(F)(F)F. The molecule has 0 saturated heterocycles. The molecule has 31 heavy (non-hydrogen) atoms. The summed E-state index contributed by atoms with van der Waals surface area (Å²) >= 11 is 0. The number of benzene rings is 2. The Labute approximate surface area is 176 Å². The highest BCUT2D eigenvalue weighted by Gasteiger charge is 2.38. The number of carbonyl (C=O) groups is 3. The first-order valence-electron chi connectivity index (χ1n) is 9.14. The van der Waals surface area contributed by atoms with Crippen LogP contribution in [0.3, 0.4) is 0 Å². The predicted molar refractivity (Wildman–Crippen MR) is 104 cm³/mol. The Kier molecular flexibility index (Phi) is 7.53. The molecule has 2 aromatic rings. The van der Waals surface area contributed by atoms with Crippen LogP contribution in [0, 0.1) is 13.8 Å². The van der Waals surface area contributed by atoms with Crippen molar-refractivity contribution in [3.05, 3.63) is 70.3 Å². The molecular weight excluding hydrogens is 417 g/mol. The van der Waals surface area contributed by atoms with E-state index >= 15 is 0 Å². The maximum absolute atomic E-state index is 12.2. The minimum atomic E-state index is -5.08. The van der Waals surface area contributed by atoms with E-state index < -0.39 is 24.0 Å². The third-order valence-electron chi connectivity index (χ3n) is 4.40. The van der Waals surface area contributed by atoms with Gasteiger partial charge in [0.1, 0.15) is 0 Å². The summed E-state index contributed by atoms with van der Waals surface area (Å²) in [5, 5.41) is 7.94. The molecule has 10 heteroatoms. The first-order valence-corrected chi connectivity index (χ1v) is 9.14. The van der Waals surface area contributed by atoms with Crippen LogP contribution in [0.2, 0.25) is 0 Å². The molecule has 0 spiro atoms. The van der Waals surface area contributed by atoms with Crippen LogP contribution < -0.4 is 5.73 Å². The van der Waals surface area contributed by atoms with Crippen molar-refractivity contribution in [1.82, 2.24) is 5.06 Å². The zero-order chi connectivity index (χ0) is 23.3. The lowest BCUT2D eigenvalue weighted by molar-refractivity contribution is -0.192. The molecule has 1 aliphatic rings. The third kappa shape index (κ3) is 6.12. The average molecular weight is 438 g/mol. The van der Waals surface area contributed by atoms with E-state index in [1.54, 1.807) is 24.3 Å². The van der Waals surface area contributed by atoms with E-state index in [0.29, 0.717) is 17.5 Å². The second-order valence-corrected chi connectivity index (χ2v) is 6.94. The van der Waals surface area contributed by atoms with Gasteiger partial charge in [0.2, 0.25) is 0 Å². The molecule has 0 unspecified atom stereocenters. The molecule has 1 heterocycles. The smallest absolute Gasteiger partial charge is 0.475 e. The zero-order valence-electron chi connectivity index (χ0n) is 16.8. The van der Waals surface area contributed by atoms with Gasteiger partial charge in [-0.2, -0.15) is 13.2 Å². The summed E-state index contributed by atoms with van der Waals surface area (Å²) in [6.45, 7) is 4.18. The van der Waals surface area contributed by atoms with Crippen molar-refractivity contribution in [1.29, 1.82) is 0 Å². The first kappa shape index (κ1) is 24.0. The Bertz CT molecular complexity index is 956. The number of nitrogens with two attached hydrogens (primary N) is 1. The number of aliphatic carboxylic acids is 1. The van der Waals surface area contributed by atoms with Crippen molar-refractivity contribution in [2.24, 2.45) is 5.73 Å². The van der Waals surface area contributed by atoms with Crippen molar-refractivity contribution in [3.8, 4) is 0 Å². The zero-order valence-corrected chi connectivity index (χ0v) is 16.8. The molecule has 0 radical (unpaired) electrons. The number of alkyl halides is 3. The molecule has 3 N–H and O–H groups in total. The van der Waals surface area contributed by atoms with Crippen LogP contribution in [0.5, 0.6) is 0 Å². The Hall–Kier alpha value is -3.24. The van der Waals surface area contributed by atoms with Crippen molar-refractivity contribution >= 4 is 17.8 Å². The summed E-state index contributed by atoms with van der Waals surface area (Å²) in [7, 11) is 0. The standard InChI is InChI=1S/C19H20N2O3.C2HF3O2/c1-12-7-8-14(13(2)9-12)10-15(20)11-24-21-18(22)16-5-3-4-6-17(16)19(21)23;3-2(4,5)1(6)7/h3-9,15H,10-11,20H2,1-2H3;(H,6,7)/t15-;/m1./s1. The molecule has 2 amide bonds. The molecule has 1 aliphatic heterocycles. The molecule has 0 aliphatic carbocycles. The number of hydroxylamine groups is 2. The Morgan fingerprint density at radius 1 is 1.10 bits per heavy atom. The minimum absolute atomic E-state index is 0.0960. The fourth-order valence-corrected chi connectivity index (χ4v) is 2.87. The van der Waals surface area contributed by atoms with Crippen molar-refractivity contribution in [3.63, 3.8) is 0 Å². The Balaban J connectivity index is 0.000000423. The van der Waals surface area contributed by atoms with Gasteiger partial charge in [-0.15, -0.1) is 5.06 Å². The van der Waals surface area contributed by atoms with Gasteiger partial charge in [0.25, 0.3) is 11.8 Å². The largest absolute Gasteiger partial charge is 0.490 e. The highest BCUT2D eigenvalue weighted by molar-refractivity contribution is 6.20. The second kappa shape index (κ2) is 9.71. The van der Waals surface area contributed by atoms with Gasteiger partial charge in [-0.05, 0) is 43.5 Å². The maximum Gasteiger partial charge on any atom is 0.490 e. The molecule has 0 saturated carbocycles.